The first kappa shape index (κ1) is 11.0. The summed E-state index contributed by atoms with van der Waals surface area (Å²) in [5.74, 6) is 0. The molecule has 0 amide bonds. The molecule has 1 saturated heterocycles. The molecule has 0 bridgehead atoms. The lowest BCUT2D eigenvalue weighted by molar-refractivity contribution is 0.0726. The quantitative estimate of drug-likeness (QED) is 0.669. The molecule has 0 aromatic heterocycles. The molecule has 78 valence electrons. The SMILES string of the molecule is CCN(CCCO)CC1CCCO1. The van der Waals surface area contributed by atoms with E-state index in [2.05, 4.69) is 11.8 Å². The average Bonchev–Trinajstić information content (AvgIpc) is 2.64. The summed E-state index contributed by atoms with van der Waals surface area (Å²) in [4.78, 5) is 2.35. The van der Waals surface area contributed by atoms with E-state index < -0.39 is 0 Å². The van der Waals surface area contributed by atoms with Gasteiger partial charge in [-0.05, 0) is 25.8 Å². The van der Waals surface area contributed by atoms with Gasteiger partial charge in [0.05, 0.1) is 6.10 Å². The molecule has 0 radical (unpaired) electrons. The molecule has 1 aliphatic rings. The zero-order valence-corrected chi connectivity index (χ0v) is 8.54. The minimum Gasteiger partial charge on any atom is -0.396 e. The number of aliphatic hydroxyl groups is 1. The van der Waals surface area contributed by atoms with Crippen LogP contribution in [0.5, 0.6) is 0 Å². The third-order valence-electron chi connectivity index (χ3n) is 2.57. The summed E-state index contributed by atoms with van der Waals surface area (Å²) >= 11 is 0. The predicted molar refractivity (Wildman–Crippen MR) is 52.8 cm³/mol. The van der Waals surface area contributed by atoms with Crippen LogP contribution in [0.3, 0.4) is 0 Å². The van der Waals surface area contributed by atoms with Crippen molar-refractivity contribution in [3.05, 3.63) is 0 Å². The molecule has 0 spiro atoms. The zero-order chi connectivity index (χ0) is 9.52. The summed E-state index contributed by atoms with van der Waals surface area (Å²) in [6, 6.07) is 0. The molecule has 1 atom stereocenters. The number of nitrogens with zero attached hydrogens (tertiary/aromatic N) is 1. The topological polar surface area (TPSA) is 32.7 Å². The molecule has 3 nitrogen and oxygen atoms in total. The third kappa shape index (κ3) is 4.07. The molecular formula is C10H21NO2. The minimum absolute atomic E-state index is 0.294. The zero-order valence-electron chi connectivity index (χ0n) is 8.54. The maximum absolute atomic E-state index is 8.71. The number of hydrogen-bond acceptors (Lipinski definition) is 3. The molecule has 0 saturated carbocycles. The Bertz CT molecular complexity index is 124. The summed E-state index contributed by atoms with van der Waals surface area (Å²) in [5, 5.41) is 8.71. The van der Waals surface area contributed by atoms with Crippen molar-refractivity contribution in [2.75, 3.05) is 32.8 Å². The second kappa shape index (κ2) is 6.35. The molecule has 1 fully saturated rings. The van der Waals surface area contributed by atoms with Gasteiger partial charge in [0.1, 0.15) is 0 Å². The summed E-state index contributed by atoms with van der Waals surface area (Å²) < 4.78 is 5.56. The van der Waals surface area contributed by atoms with Gasteiger partial charge in [0.2, 0.25) is 0 Å². The smallest absolute Gasteiger partial charge is 0.0702 e. The third-order valence-corrected chi connectivity index (χ3v) is 2.57. The fraction of sp³-hybridized carbons (Fsp3) is 1.00. The first-order chi connectivity index (χ1) is 6.36. The molecule has 1 unspecified atom stereocenters. The van der Waals surface area contributed by atoms with E-state index in [9.17, 15) is 0 Å². The van der Waals surface area contributed by atoms with Gasteiger partial charge in [-0.2, -0.15) is 0 Å². The fourth-order valence-corrected chi connectivity index (χ4v) is 1.75. The maximum Gasteiger partial charge on any atom is 0.0702 e. The van der Waals surface area contributed by atoms with Crippen LogP contribution in [0.25, 0.3) is 0 Å². The Morgan fingerprint density at radius 2 is 2.38 bits per heavy atom. The Morgan fingerprint density at radius 1 is 1.54 bits per heavy atom. The van der Waals surface area contributed by atoms with E-state index in [1.54, 1.807) is 0 Å². The molecule has 1 heterocycles. The first-order valence-electron chi connectivity index (χ1n) is 5.31. The normalized spacial score (nSPS) is 22.8. The number of likely N-dealkylation sites (N-methyl/N-ethyl adjacent to an activating group) is 1. The molecule has 1 rings (SSSR count). The standard InChI is InChI=1S/C10H21NO2/c1-2-11(6-4-7-12)9-10-5-3-8-13-10/h10,12H,2-9H2,1H3. The van der Waals surface area contributed by atoms with Crippen molar-refractivity contribution >= 4 is 0 Å². The van der Waals surface area contributed by atoms with Crippen molar-refractivity contribution < 1.29 is 9.84 Å². The highest BCUT2D eigenvalue weighted by molar-refractivity contribution is 4.69. The van der Waals surface area contributed by atoms with Crippen LogP contribution in [-0.2, 0) is 4.74 Å². The molecule has 1 N–H and O–H groups in total. The Morgan fingerprint density at radius 3 is 2.92 bits per heavy atom. The van der Waals surface area contributed by atoms with Gasteiger partial charge in [0.15, 0.2) is 0 Å². The summed E-state index contributed by atoms with van der Waals surface area (Å²) in [7, 11) is 0. The van der Waals surface area contributed by atoms with Crippen LogP contribution >= 0.6 is 0 Å². The highest BCUT2D eigenvalue weighted by Gasteiger charge is 2.17. The average molecular weight is 187 g/mol. The lowest BCUT2D eigenvalue weighted by Gasteiger charge is -2.23. The Hall–Kier alpha value is -0.120. The number of hydrogen-bond donors (Lipinski definition) is 1. The number of aliphatic hydroxyl groups excluding tert-OH is 1. The van der Waals surface area contributed by atoms with E-state index in [1.807, 2.05) is 0 Å². The van der Waals surface area contributed by atoms with Gasteiger partial charge in [-0.1, -0.05) is 6.92 Å². The Labute approximate surface area is 80.7 Å². The summed E-state index contributed by atoms with van der Waals surface area (Å²) in [6.45, 7) is 6.47. The first-order valence-corrected chi connectivity index (χ1v) is 5.31. The second-order valence-corrected chi connectivity index (χ2v) is 3.61. The van der Waals surface area contributed by atoms with E-state index in [0.717, 1.165) is 32.7 Å². The molecule has 13 heavy (non-hydrogen) atoms. The highest BCUT2D eigenvalue weighted by Crippen LogP contribution is 2.13. The number of rotatable bonds is 6. The van der Waals surface area contributed by atoms with Gasteiger partial charge < -0.3 is 14.7 Å². The lowest BCUT2D eigenvalue weighted by atomic mass is 10.2. The van der Waals surface area contributed by atoms with Crippen LogP contribution in [0.1, 0.15) is 26.2 Å². The Balaban J connectivity index is 2.13. The molecule has 0 aromatic carbocycles. The van der Waals surface area contributed by atoms with Gasteiger partial charge >= 0.3 is 0 Å². The molecule has 1 aliphatic heterocycles. The number of ether oxygens (including phenoxy) is 1. The van der Waals surface area contributed by atoms with Gasteiger partial charge in [-0.15, -0.1) is 0 Å². The van der Waals surface area contributed by atoms with Crippen LogP contribution < -0.4 is 0 Å². The maximum atomic E-state index is 8.71. The lowest BCUT2D eigenvalue weighted by Crippen LogP contribution is -2.33. The molecular weight excluding hydrogens is 166 g/mol. The Kier molecular flexibility index (Phi) is 5.35. The van der Waals surface area contributed by atoms with Crippen molar-refractivity contribution in [2.24, 2.45) is 0 Å². The molecule has 3 heteroatoms. The largest absolute Gasteiger partial charge is 0.396 e. The van der Waals surface area contributed by atoms with Gasteiger partial charge in [0.25, 0.3) is 0 Å². The van der Waals surface area contributed by atoms with Crippen molar-refractivity contribution in [3.63, 3.8) is 0 Å². The predicted octanol–water partition coefficient (Wildman–Crippen LogP) is 0.870. The van der Waals surface area contributed by atoms with Gasteiger partial charge in [0, 0.05) is 26.3 Å². The minimum atomic E-state index is 0.294. The highest BCUT2D eigenvalue weighted by atomic mass is 16.5. The van der Waals surface area contributed by atoms with E-state index in [4.69, 9.17) is 9.84 Å². The van der Waals surface area contributed by atoms with Crippen molar-refractivity contribution in [2.45, 2.75) is 32.3 Å². The molecule has 0 aliphatic carbocycles. The van der Waals surface area contributed by atoms with Crippen LogP contribution in [0.2, 0.25) is 0 Å². The fourth-order valence-electron chi connectivity index (χ4n) is 1.75. The molecule has 0 aromatic rings. The van der Waals surface area contributed by atoms with Crippen molar-refractivity contribution in [3.8, 4) is 0 Å². The van der Waals surface area contributed by atoms with Gasteiger partial charge in [-0.3, -0.25) is 0 Å². The van der Waals surface area contributed by atoms with E-state index in [1.165, 1.54) is 12.8 Å². The van der Waals surface area contributed by atoms with E-state index >= 15 is 0 Å². The second-order valence-electron chi connectivity index (χ2n) is 3.61. The van der Waals surface area contributed by atoms with Crippen LogP contribution in [0, 0.1) is 0 Å². The van der Waals surface area contributed by atoms with Gasteiger partial charge in [-0.25, -0.2) is 0 Å². The van der Waals surface area contributed by atoms with E-state index in [-0.39, 0.29) is 0 Å². The van der Waals surface area contributed by atoms with Crippen LogP contribution in [0.15, 0.2) is 0 Å². The van der Waals surface area contributed by atoms with E-state index in [0.29, 0.717) is 12.7 Å². The van der Waals surface area contributed by atoms with Crippen molar-refractivity contribution in [1.82, 2.24) is 4.90 Å². The monoisotopic (exact) mass is 187 g/mol. The summed E-state index contributed by atoms with van der Waals surface area (Å²) in [5.41, 5.74) is 0. The van der Waals surface area contributed by atoms with Crippen LogP contribution in [0.4, 0.5) is 0 Å². The van der Waals surface area contributed by atoms with Crippen LogP contribution in [-0.4, -0.2) is 49.0 Å². The van der Waals surface area contributed by atoms with Crippen molar-refractivity contribution in [1.29, 1.82) is 0 Å². The summed E-state index contributed by atoms with van der Waals surface area (Å²) in [6.07, 6.45) is 3.73.